The molecule has 4 N–H and O–H groups in total. The summed E-state index contributed by atoms with van der Waals surface area (Å²) in [6, 6.07) is 0. The van der Waals surface area contributed by atoms with E-state index >= 15 is 0 Å². The number of H-pyrrole nitrogens is 1. The summed E-state index contributed by atoms with van der Waals surface area (Å²) in [4.78, 5) is 21.8. The third kappa shape index (κ3) is 2.37. The molecule has 19 heavy (non-hydrogen) atoms. The largest absolute Gasteiger partial charge is 0.356 e. The number of thiophene rings is 1. The van der Waals surface area contributed by atoms with Crippen molar-refractivity contribution >= 4 is 27.5 Å². The van der Waals surface area contributed by atoms with Crippen LogP contribution in [-0.4, -0.2) is 23.1 Å². The molecule has 6 heteroatoms. The third-order valence-corrected chi connectivity index (χ3v) is 4.68. The Morgan fingerprint density at radius 3 is 3.05 bits per heavy atom. The van der Waals surface area contributed by atoms with Crippen molar-refractivity contribution in [3.8, 4) is 0 Å². The van der Waals surface area contributed by atoms with Gasteiger partial charge in [0.2, 0.25) is 5.95 Å². The number of hydrogen-bond acceptors (Lipinski definition) is 5. The minimum atomic E-state index is -0.0142. The fourth-order valence-corrected chi connectivity index (χ4v) is 3.82. The number of nitrogens with one attached hydrogen (secondary N) is 2. The van der Waals surface area contributed by atoms with Gasteiger partial charge in [0, 0.05) is 11.4 Å². The molecule has 1 aliphatic carbocycles. The van der Waals surface area contributed by atoms with Gasteiger partial charge >= 0.3 is 0 Å². The highest BCUT2D eigenvalue weighted by Crippen LogP contribution is 2.33. The number of aryl methyl sites for hydroxylation is 2. The number of aromatic amines is 1. The Labute approximate surface area is 115 Å². The van der Waals surface area contributed by atoms with Crippen LogP contribution in [0.25, 0.3) is 10.2 Å². The molecule has 0 aromatic carbocycles. The molecule has 2 heterocycles. The van der Waals surface area contributed by atoms with E-state index in [1.165, 1.54) is 23.3 Å². The van der Waals surface area contributed by atoms with Crippen molar-refractivity contribution in [1.29, 1.82) is 0 Å². The quantitative estimate of drug-likeness (QED) is 0.742. The van der Waals surface area contributed by atoms with E-state index < -0.39 is 0 Å². The first kappa shape index (κ1) is 12.6. The van der Waals surface area contributed by atoms with E-state index in [9.17, 15) is 4.79 Å². The maximum absolute atomic E-state index is 12.2. The van der Waals surface area contributed by atoms with E-state index in [0.29, 0.717) is 12.5 Å². The summed E-state index contributed by atoms with van der Waals surface area (Å²) in [5.74, 6) is 0.560. The first-order chi connectivity index (χ1) is 9.29. The van der Waals surface area contributed by atoms with Crippen LogP contribution < -0.4 is 16.6 Å². The minimum absolute atomic E-state index is 0.0142. The summed E-state index contributed by atoms with van der Waals surface area (Å²) in [5, 5.41) is 3.93. The molecule has 0 saturated heterocycles. The highest BCUT2D eigenvalue weighted by Gasteiger charge is 2.19. The molecule has 0 aliphatic heterocycles. The fourth-order valence-electron chi connectivity index (χ4n) is 2.56. The van der Waals surface area contributed by atoms with Crippen molar-refractivity contribution in [1.82, 2.24) is 9.97 Å². The van der Waals surface area contributed by atoms with E-state index in [-0.39, 0.29) is 5.56 Å². The Balaban J connectivity index is 1.99. The first-order valence-electron chi connectivity index (χ1n) is 6.78. The molecule has 0 atom stereocenters. The molecular formula is C13H18N4OS. The van der Waals surface area contributed by atoms with Gasteiger partial charge in [-0.05, 0) is 44.2 Å². The van der Waals surface area contributed by atoms with Crippen LogP contribution in [0.2, 0.25) is 0 Å². The third-order valence-electron chi connectivity index (χ3n) is 3.50. The van der Waals surface area contributed by atoms with Gasteiger partial charge in [-0.25, -0.2) is 4.98 Å². The molecule has 0 amide bonds. The zero-order chi connectivity index (χ0) is 13.2. The normalized spacial score (nSPS) is 14.6. The van der Waals surface area contributed by atoms with Gasteiger partial charge in [0.25, 0.3) is 5.56 Å². The monoisotopic (exact) mass is 278 g/mol. The van der Waals surface area contributed by atoms with Gasteiger partial charge in [0.1, 0.15) is 4.83 Å². The maximum Gasteiger partial charge on any atom is 0.261 e. The number of fused-ring (bicyclic) bond motifs is 3. The number of nitrogens with zero attached hydrogens (tertiary/aromatic N) is 1. The maximum atomic E-state index is 12.2. The predicted octanol–water partition coefficient (Wildman–Crippen LogP) is 1.62. The van der Waals surface area contributed by atoms with Gasteiger partial charge in [-0.2, -0.15) is 0 Å². The van der Waals surface area contributed by atoms with Crippen LogP contribution in [-0.2, 0) is 12.8 Å². The lowest BCUT2D eigenvalue weighted by molar-refractivity contribution is 0.700. The lowest BCUT2D eigenvalue weighted by Crippen LogP contribution is -2.16. The molecule has 0 spiro atoms. The molecule has 0 radical (unpaired) electrons. The van der Waals surface area contributed by atoms with Crippen LogP contribution in [0.3, 0.4) is 0 Å². The molecule has 2 aromatic rings. The number of aromatic nitrogens is 2. The highest BCUT2D eigenvalue weighted by atomic mass is 32.1. The van der Waals surface area contributed by atoms with Crippen molar-refractivity contribution in [2.75, 3.05) is 18.4 Å². The average Bonchev–Trinajstić information content (AvgIpc) is 2.77. The second-order valence-corrected chi connectivity index (χ2v) is 5.96. The van der Waals surface area contributed by atoms with Gasteiger partial charge < -0.3 is 11.1 Å². The Hall–Kier alpha value is -1.40. The summed E-state index contributed by atoms with van der Waals surface area (Å²) in [7, 11) is 0. The molecule has 3 rings (SSSR count). The number of rotatable bonds is 4. The number of hydrogen-bond donors (Lipinski definition) is 3. The van der Waals surface area contributed by atoms with Crippen LogP contribution >= 0.6 is 11.3 Å². The fraction of sp³-hybridized carbons (Fsp3) is 0.538. The van der Waals surface area contributed by atoms with Gasteiger partial charge in [0.05, 0.1) is 5.39 Å². The van der Waals surface area contributed by atoms with Crippen LogP contribution in [0, 0.1) is 0 Å². The second kappa shape index (κ2) is 5.30. The molecular weight excluding hydrogens is 260 g/mol. The molecule has 0 saturated carbocycles. The van der Waals surface area contributed by atoms with Crippen molar-refractivity contribution in [3.63, 3.8) is 0 Å². The molecule has 5 nitrogen and oxygen atoms in total. The number of nitrogens with two attached hydrogens (primary N) is 1. The summed E-state index contributed by atoms with van der Waals surface area (Å²) >= 11 is 1.67. The molecule has 2 aromatic heterocycles. The summed E-state index contributed by atoms with van der Waals surface area (Å²) < 4.78 is 0. The van der Waals surface area contributed by atoms with Crippen molar-refractivity contribution in [2.24, 2.45) is 5.73 Å². The Morgan fingerprint density at radius 2 is 2.21 bits per heavy atom. The summed E-state index contributed by atoms with van der Waals surface area (Å²) in [6.07, 6.45) is 5.36. The van der Waals surface area contributed by atoms with E-state index in [1.807, 2.05) is 0 Å². The highest BCUT2D eigenvalue weighted by molar-refractivity contribution is 7.18. The van der Waals surface area contributed by atoms with E-state index in [2.05, 4.69) is 15.3 Å². The van der Waals surface area contributed by atoms with Crippen LogP contribution in [0.15, 0.2) is 4.79 Å². The average molecular weight is 278 g/mol. The van der Waals surface area contributed by atoms with E-state index in [1.54, 1.807) is 11.3 Å². The van der Waals surface area contributed by atoms with Crippen LogP contribution in [0.4, 0.5) is 5.95 Å². The Kier molecular flexibility index (Phi) is 3.52. The lowest BCUT2D eigenvalue weighted by Gasteiger charge is -2.09. The zero-order valence-corrected chi connectivity index (χ0v) is 11.6. The summed E-state index contributed by atoms with van der Waals surface area (Å²) in [5.41, 5.74) is 6.66. The lowest BCUT2D eigenvalue weighted by atomic mass is 9.97. The van der Waals surface area contributed by atoms with E-state index in [0.717, 1.165) is 36.0 Å². The van der Waals surface area contributed by atoms with Crippen LogP contribution in [0.5, 0.6) is 0 Å². The van der Waals surface area contributed by atoms with E-state index in [4.69, 9.17) is 5.73 Å². The van der Waals surface area contributed by atoms with Gasteiger partial charge in [-0.15, -0.1) is 11.3 Å². The zero-order valence-electron chi connectivity index (χ0n) is 10.8. The topological polar surface area (TPSA) is 83.8 Å². The van der Waals surface area contributed by atoms with Crippen LogP contribution in [0.1, 0.15) is 29.7 Å². The standard InChI is InChI=1S/C13H18N4OS/c14-6-3-7-15-13-16-11(18)10-8-4-1-2-5-9(8)19-12(10)17-13/h1-7,14H2,(H2,15,16,17,18). The molecule has 0 unspecified atom stereocenters. The second-order valence-electron chi connectivity index (χ2n) is 4.87. The summed E-state index contributed by atoms with van der Waals surface area (Å²) in [6.45, 7) is 1.36. The smallest absolute Gasteiger partial charge is 0.261 e. The minimum Gasteiger partial charge on any atom is -0.356 e. The van der Waals surface area contributed by atoms with Gasteiger partial charge in [0.15, 0.2) is 0 Å². The first-order valence-corrected chi connectivity index (χ1v) is 7.59. The number of anilines is 1. The molecule has 0 fully saturated rings. The molecule has 1 aliphatic rings. The molecule has 102 valence electrons. The van der Waals surface area contributed by atoms with Gasteiger partial charge in [-0.1, -0.05) is 0 Å². The van der Waals surface area contributed by atoms with Crippen molar-refractivity contribution in [3.05, 3.63) is 20.8 Å². The molecule has 0 bridgehead atoms. The predicted molar refractivity (Wildman–Crippen MR) is 79.0 cm³/mol. The van der Waals surface area contributed by atoms with Crippen molar-refractivity contribution < 1.29 is 0 Å². The van der Waals surface area contributed by atoms with Gasteiger partial charge in [-0.3, -0.25) is 9.78 Å². The Bertz CT molecular complexity index is 646. The van der Waals surface area contributed by atoms with Crippen molar-refractivity contribution in [2.45, 2.75) is 32.1 Å². The SMILES string of the molecule is NCCCNc1nc2sc3c(c2c(=O)[nH]1)CCCC3. The Morgan fingerprint density at radius 1 is 1.37 bits per heavy atom.